The number of rotatable bonds is 4. The molecule has 6 nitrogen and oxygen atoms in total. The Bertz CT molecular complexity index is 451. The van der Waals surface area contributed by atoms with Gasteiger partial charge in [-0.15, -0.1) is 0 Å². The van der Waals surface area contributed by atoms with Crippen LogP contribution in [0.25, 0.3) is 0 Å². The third-order valence-corrected chi connectivity index (χ3v) is 1.80. The predicted octanol–water partition coefficient (Wildman–Crippen LogP) is 1.06. The van der Waals surface area contributed by atoms with E-state index in [-0.39, 0.29) is 11.1 Å². The SMILES string of the molecule is CC(=O)OCOC(=O)c1cccc(C(=O)O)c1. The number of carbonyl (C=O) groups is 3. The van der Waals surface area contributed by atoms with Crippen molar-refractivity contribution in [3.8, 4) is 0 Å². The number of hydrogen-bond donors (Lipinski definition) is 1. The average molecular weight is 238 g/mol. The summed E-state index contributed by atoms with van der Waals surface area (Å²) in [7, 11) is 0. The molecule has 1 N–H and O–H groups in total. The molecule has 0 spiro atoms. The number of hydrogen-bond acceptors (Lipinski definition) is 5. The molecule has 0 atom stereocenters. The van der Waals surface area contributed by atoms with E-state index in [4.69, 9.17) is 5.11 Å². The lowest BCUT2D eigenvalue weighted by Crippen LogP contribution is -2.11. The van der Waals surface area contributed by atoms with Crippen LogP contribution >= 0.6 is 0 Å². The van der Waals surface area contributed by atoms with E-state index in [1.54, 1.807) is 0 Å². The third kappa shape index (κ3) is 3.94. The maximum atomic E-state index is 11.4. The number of carboxylic acids is 1. The molecule has 0 aromatic heterocycles. The largest absolute Gasteiger partial charge is 0.478 e. The summed E-state index contributed by atoms with van der Waals surface area (Å²) in [5.74, 6) is -2.47. The van der Waals surface area contributed by atoms with E-state index >= 15 is 0 Å². The molecule has 0 fully saturated rings. The number of carbonyl (C=O) groups excluding carboxylic acids is 2. The quantitative estimate of drug-likeness (QED) is 0.623. The van der Waals surface area contributed by atoms with Gasteiger partial charge in [0.05, 0.1) is 11.1 Å². The van der Waals surface area contributed by atoms with Crippen molar-refractivity contribution in [2.24, 2.45) is 0 Å². The van der Waals surface area contributed by atoms with Crippen LogP contribution in [0, 0.1) is 0 Å². The summed E-state index contributed by atoms with van der Waals surface area (Å²) in [6, 6.07) is 5.36. The molecule has 0 aliphatic rings. The van der Waals surface area contributed by atoms with Gasteiger partial charge >= 0.3 is 17.9 Å². The highest BCUT2D eigenvalue weighted by Crippen LogP contribution is 2.07. The molecule has 0 unspecified atom stereocenters. The van der Waals surface area contributed by atoms with Crippen LogP contribution in [-0.4, -0.2) is 29.8 Å². The van der Waals surface area contributed by atoms with Crippen LogP contribution in [-0.2, 0) is 14.3 Å². The maximum absolute atomic E-state index is 11.4. The van der Waals surface area contributed by atoms with Gasteiger partial charge in [-0.3, -0.25) is 4.79 Å². The lowest BCUT2D eigenvalue weighted by molar-refractivity contribution is -0.149. The van der Waals surface area contributed by atoms with Gasteiger partial charge in [-0.2, -0.15) is 0 Å². The molecule has 0 bridgehead atoms. The average Bonchev–Trinajstić information content (AvgIpc) is 2.28. The van der Waals surface area contributed by atoms with Gasteiger partial charge in [0.2, 0.25) is 6.79 Å². The number of benzene rings is 1. The van der Waals surface area contributed by atoms with Gasteiger partial charge in [0, 0.05) is 6.92 Å². The Hall–Kier alpha value is -2.37. The second kappa shape index (κ2) is 5.64. The van der Waals surface area contributed by atoms with E-state index in [9.17, 15) is 14.4 Å². The van der Waals surface area contributed by atoms with Crippen LogP contribution in [0.5, 0.6) is 0 Å². The molecular formula is C11H10O6. The van der Waals surface area contributed by atoms with Crippen molar-refractivity contribution < 1.29 is 29.0 Å². The van der Waals surface area contributed by atoms with Gasteiger partial charge in [-0.25, -0.2) is 9.59 Å². The minimum Gasteiger partial charge on any atom is -0.478 e. The Morgan fingerprint density at radius 1 is 1.18 bits per heavy atom. The van der Waals surface area contributed by atoms with E-state index in [2.05, 4.69) is 9.47 Å². The summed E-state index contributed by atoms with van der Waals surface area (Å²) in [5, 5.41) is 8.72. The summed E-state index contributed by atoms with van der Waals surface area (Å²) < 4.78 is 9.01. The highest BCUT2D eigenvalue weighted by molar-refractivity contribution is 5.94. The summed E-state index contributed by atoms with van der Waals surface area (Å²) in [6.45, 7) is 0.685. The molecule has 6 heteroatoms. The van der Waals surface area contributed by atoms with Crippen LogP contribution in [0.1, 0.15) is 27.6 Å². The van der Waals surface area contributed by atoms with Crippen LogP contribution in [0.2, 0.25) is 0 Å². The molecule has 17 heavy (non-hydrogen) atoms. The Balaban J connectivity index is 2.65. The van der Waals surface area contributed by atoms with E-state index in [0.29, 0.717) is 0 Å². The van der Waals surface area contributed by atoms with Crippen LogP contribution < -0.4 is 0 Å². The molecule has 0 aliphatic heterocycles. The van der Waals surface area contributed by atoms with Crippen molar-refractivity contribution in [1.29, 1.82) is 0 Å². The van der Waals surface area contributed by atoms with Crippen molar-refractivity contribution in [3.05, 3.63) is 35.4 Å². The van der Waals surface area contributed by atoms with Gasteiger partial charge in [0.25, 0.3) is 0 Å². The summed E-state index contributed by atoms with van der Waals surface area (Å²) in [5.41, 5.74) is 0.0592. The van der Waals surface area contributed by atoms with Crippen molar-refractivity contribution in [2.45, 2.75) is 6.92 Å². The van der Waals surface area contributed by atoms with E-state index in [0.717, 1.165) is 0 Å². The second-order valence-corrected chi connectivity index (χ2v) is 3.07. The summed E-state index contributed by atoms with van der Waals surface area (Å²) in [4.78, 5) is 32.5. The molecule has 0 radical (unpaired) electrons. The minimum atomic E-state index is -1.14. The zero-order valence-corrected chi connectivity index (χ0v) is 9.00. The van der Waals surface area contributed by atoms with E-state index in [1.165, 1.54) is 31.2 Å². The van der Waals surface area contributed by atoms with E-state index in [1.807, 2.05) is 0 Å². The van der Waals surface area contributed by atoms with Crippen LogP contribution in [0.3, 0.4) is 0 Å². The predicted molar refractivity (Wildman–Crippen MR) is 55.4 cm³/mol. The van der Waals surface area contributed by atoms with Crippen molar-refractivity contribution in [1.82, 2.24) is 0 Å². The fourth-order valence-corrected chi connectivity index (χ4v) is 1.03. The molecule has 90 valence electrons. The zero-order chi connectivity index (χ0) is 12.8. The zero-order valence-electron chi connectivity index (χ0n) is 9.00. The Morgan fingerprint density at radius 3 is 2.41 bits per heavy atom. The fraction of sp³-hybridized carbons (Fsp3) is 0.182. The third-order valence-electron chi connectivity index (χ3n) is 1.80. The molecule has 1 aromatic carbocycles. The van der Waals surface area contributed by atoms with Gasteiger partial charge in [-0.05, 0) is 18.2 Å². The first-order chi connectivity index (χ1) is 8.00. The highest BCUT2D eigenvalue weighted by Gasteiger charge is 2.10. The lowest BCUT2D eigenvalue weighted by atomic mass is 10.1. The van der Waals surface area contributed by atoms with Gasteiger partial charge < -0.3 is 14.6 Å². The smallest absolute Gasteiger partial charge is 0.341 e. The first kappa shape index (κ1) is 12.7. The van der Waals surface area contributed by atoms with Crippen LogP contribution in [0.15, 0.2) is 24.3 Å². The summed E-state index contributed by atoms with van der Waals surface area (Å²) >= 11 is 0. The Labute approximate surface area is 96.8 Å². The number of ether oxygens (including phenoxy) is 2. The Morgan fingerprint density at radius 2 is 1.82 bits per heavy atom. The molecule has 0 heterocycles. The standard InChI is InChI=1S/C11H10O6/c1-7(12)16-6-17-11(15)9-4-2-3-8(5-9)10(13)14/h2-5H,6H2,1H3,(H,13,14). The van der Waals surface area contributed by atoms with Crippen molar-refractivity contribution in [2.75, 3.05) is 6.79 Å². The molecular weight excluding hydrogens is 228 g/mol. The fourth-order valence-electron chi connectivity index (χ4n) is 1.03. The number of aromatic carboxylic acids is 1. The van der Waals surface area contributed by atoms with E-state index < -0.39 is 24.7 Å². The van der Waals surface area contributed by atoms with Gasteiger partial charge in [-0.1, -0.05) is 6.07 Å². The molecule has 1 rings (SSSR count). The second-order valence-electron chi connectivity index (χ2n) is 3.07. The van der Waals surface area contributed by atoms with Gasteiger partial charge in [0.1, 0.15) is 0 Å². The maximum Gasteiger partial charge on any atom is 0.341 e. The summed E-state index contributed by atoms with van der Waals surface area (Å²) in [6.07, 6.45) is 0. The monoisotopic (exact) mass is 238 g/mol. The highest BCUT2D eigenvalue weighted by atomic mass is 16.7. The molecule has 0 aliphatic carbocycles. The number of esters is 2. The van der Waals surface area contributed by atoms with Crippen molar-refractivity contribution >= 4 is 17.9 Å². The molecule has 0 saturated carbocycles. The lowest BCUT2D eigenvalue weighted by Gasteiger charge is -2.04. The van der Waals surface area contributed by atoms with Crippen LogP contribution in [0.4, 0.5) is 0 Å². The topological polar surface area (TPSA) is 89.9 Å². The first-order valence-corrected chi connectivity index (χ1v) is 4.64. The van der Waals surface area contributed by atoms with Gasteiger partial charge in [0.15, 0.2) is 0 Å². The van der Waals surface area contributed by atoms with Crippen molar-refractivity contribution in [3.63, 3.8) is 0 Å². The minimum absolute atomic E-state index is 0.0214. The Kier molecular flexibility index (Phi) is 4.21. The molecule has 0 amide bonds. The molecule has 0 saturated heterocycles. The first-order valence-electron chi connectivity index (χ1n) is 4.64. The normalized spacial score (nSPS) is 9.47. The number of carboxylic acid groups (broad SMARTS) is 1. The molecule has 1 aromatic rings.